The quantitative estimate of drug-likeness (QED) is 0.124. The molecule has 0 aliphatic heterocycles. The van der Waals surface area contributed by atoms with Crippen LogP contribution in [0.15, 0.2) is 72.8 Å². The van der Waals surface area contributed by atoms with Gasteiger partial charge >= 0.3 is 24.3 Å². The molecular formula is C26H23F6N5O5. The van der Waals surface area contributed by atoms with Crippen LogP contribution < -0.4 is 16.8 Å². The molecule has 0 unspecified atom stereocenters. The van der Waals surface area contributed by atoms with Crippen LogP contribution in [-0.2, 0) is 20.8 Å². The van der Waals surface area contributed by atoms with Crippen LogP contribution in [0.25, 0.3) is 11.1 Å². The van der Waals surface area contributed by atoms with Gasteiger partial charge in [-0.3, -0.25) is 15.6 Å². The third kappa shape index (κ3) is 11.8. The van der Waals surface area contributed by atoms with Crippen molar-refractivity contribution in [1.29, 1.82) is 10.8 Å². The Balaban J connectivity index is 0.000000522. The third-order valence-corrected chi connectivity index (χ3v) is 4.80. The van der Waals surface area contributed by atoms with Gasteiger partial charge in [-0.1, -0.05) is 54.6 Å². The van der Waals surface area contributed by atoms with E-state index in [1.807, 2.05) is 42.5 Å². The van der Waals surface area contributed by atoms with E-state index < -0.39 is 24.3 Å². The SMILES string of the molecule is N=C(N)c1cccc(NC(=O)Cc2ccccc2-c2cccc(C(=N)N)c2)c1.O=C(O)C(F)(F)F.O=C(O)C(F)(F)F. The zero-order valence-corrected chi connectivity index (χ0v) is 21.2. The second-order valence-corrected chi connectivity index (χ2v) is 7.98. The zero-order chi connectivity index (χ0) is 32.3. The first-order valence-electron chi connectivity index (χ1n) is 11.2. The fourth-order valence-corrected chi connectivity index (χ4v) is 2.95. The third-order valence-electron chi connectivity index (χ3n) is 4.80. The molecule has 3 aromatic carbocycles. The fourth-order valence-electron chi connectivity index (χ4n) is 2.95. The van der Waals surface area contributed by atoms with Crippen LogP contribution in [0.5, 0.6) is 0 Å². The Morgan fingerprint density at radius 2 is 1.17 bits per heavy atom. The molecule has 3 rings (SSSR count). The van der Waals surface area contributed by atoms with E-state index in [-0.39, 0.29) is 24.0 Å². The summed E-state index contributed by atoms with van der Waals surface area (Å²) in [4.78, 5) is 30.4. The van der Waals surface area contributed by atoms with Crippen LogP contribution in [0.2, 0.25) is 0 Å². The maximum absolute atomic E-state index is 12.6. The van der Waals surface area contributed by atoms with Gasteiger partial charge in [-0.25, -0.2) is 9.59 Å². The molecule has 0 fully saturated rings. The Hall–Kier alpha value is -5.41. The first-order valence-corrected chi connectivity index (χ1v) is 11.2. The van der Waals surface area contributed by atoms with Gasteiger partial charge < -0.3 is 27.0 Å². The Morgan fingerprint density at radius 3 is 1.64 bits per heavy atom. The molecule has 0 bridgehead atoms. The summed E-state index contributed by atoms with van der Waals surface area (Å²) >= 11 is 0. The van der Waals surface area contributed by atoms with Crippen molar-refractivity contribution in [2.75, 3.05) is 5.32 Å². The van der Waals surface area contributed by atoms with Crippen molar-refractivity contribution < 1.29 is 50.9 Å². The number of nitrogen functional groups attached to an aromatic ring is 2. The Bertz CT molecular complexity index is 1430. The van der Waals surface area contributed by atoms with E-state index in [1.54, 1.807) is 30.3 Å². The van der Waals surface area contributed by atoms with Crippen molar-refractivity contribution >= 4 is 35.2 Å². The highest BCUT2D eigenvalue weighted by atomic mass is 19.4. The summed E-state index contributed by atoms with van der Waals surface area (Å²) in [5.41, 5.74) is 15.6. The molecule has 0 aliphatic carbocycles. The van der Waals surface area contributed by atoms with E-state index >= 15 is 0 Å². The van der Waals surface area contributed by atoms with Crippen LogP contribution in [0.4, 0.5) is 32.0 Å². The van der Waals surface area contributed by atoms with Crippen LogP contribution in [0, 0.1) is 10.8 Å². The van der Waals surface area contributed by atoms with Gasteiger partial charge in [-0.2, -0.15) is 26.3 Å². The number of carboxylic acid groups (broad SMARTS) is 2. The van der Waals surface area contributed by atoms with Crippen LogP contribution in [-0.4, -0.2) is 52.1 Å². The predicted molar refractivity (Wildman–Crippen MR) is 140 cm³/mol. The number of nitrogens with one attached hydrogen (secondary N) is 3. The summed E-state index contributed by atoms with van der Waals surface area (Å²) in [6.07, 6.45) is -9.98. The number of hydrogen-bond acceptors (Lipinski definition) is 5. The summed E-state index contributed by atoms with van der Waals surface area (Å²) in [7, 11) is 0. The topological polar surface area (TPSA) is 203 Å². The standard InChI is InChI=1S/C22H21N5O.2C2HF3O2/c23-21(24)16-7-3-6-14(11-16)19-10-2-1-5-15(19)13-20(28)27-18-9-4-8-17(12-18)22(25)26;2*3-2(4,5)1(6)7/h1-12H,13H2,(H3,23,24)(H3,25,26)(H,27,28);2*(H,6,7). The van der Waals surface area contributed by atoms with E-state index in [9.17, 15) is 31.1 Å². The number of alkyl halides is 6. The van der Waals surface area contributed by atoms with E-state index in [0.29, 0.717) is 16.8 Å². The minimum Gasteiger partial charge on any atom is -0.475 e. The van der Waals surface area contributed by atoms with Gasteiger partial charge in [0.25, 0.3) is 0 Å². The lowest BCUT2D eigenvalue weighted by Crippen LogP contribution is -2.21. The molecule has 0 saturated carbocycles. The Morgan fingerprint density at radius 1 is 0.714 bits per heavy atom. The smallest absolute Gasteiger partial charge is 0.475 e. The Labute approximate surface area is 233 Å². The van der Waals surface area contributed by atoms with Gasteiger partial charge in [0, 0.05) is 16.8 Å². The number of carboxylic acids is 2. The molecule has 0 aliphatic rings. The number of halogens is 6. The lowest BCUT2D eigenvalue weighted by atomic mass is 9.96. The number of amides is 1. The number of aliphatic carboxylic acids is 2. The van der Waals surface area contributed by atoms with E-state index in [2.05, 4.69) is 5.32 Å². The number of nitrogens with two attached hydrogens (primary N) is 2. The van der Waals surface area contributed by atoms with Gasteiger partial charge in [0.15, 0.2) is 0 Å². The number of rotatable bonds is 6. The maximum atomic E-state index is 12.6. The number of amidine groups is 2. The first-order chi connectivity index (χ1) is 19.3. The van der Waals surface area contributed by atoms with Crippen molar-refractivity contribution in [2.45, 2.75) is 18.8 Å². The number of anilines is 1. The number of carbonyl (C=O) groups is 3. The summed E-state index contributed by atoms with van der Waals surface area (Å²) in [6.45, 7) is 0. The second kappa shape index (κ2) is 14.8. The minimum absolute atomic E-state index is 0.00225. The van der Waals surface area contributed by atoms with Crippen LogP contribution >= 0.6 is 0 Å². The lowest BCUT2D eigenvalue weighted by Gasteiger charge is -2.12. The summed E-state index contributed by atoms with van der Waals surface area (Å²) in [5.74, 6) is -5.73. The van der Waals surface area contributed by atoms with Crippen molar-refractivity contribution in [3.8, 4) is 11.1 Å². The number of carbonyl (C=O) groups excluding carboxylic acids is 1. The molecule has 224 valence electrons. The van der Waals surface area contributed by atoms with Gasteiger partial charge in [-0.05, 0) is 34.9 Å². The summed E-state index contributed by atoms with van der Waals surface area (Å²) in [6, 6.07) is 21.9. The number of benzene rings is 3. The molecule has 0 aromatic heterocycles. The maximum Gasteiger partial charge on any atom is 0.490 e. The average molecular weight is 599 g/mol. The molecule has 9 N–H and O–H groups in total. The Kier molecular flexibility index (Phi) is 12.2. The van der Waals surface area contributed by atoms with Gasteiger partial charge in [0.05, 0.1) is 6.42 Å². The van der Waals surface area contributed by atoms with Gasteiger partial charge in [0.2, 0.25) is 5.91 Å². The molecule has 0 saturated heterocycles. The zero-order valence-electron chi connectivity index (χ0n) is 21.2. The van der Waals surface area contributed by atoms with Crippen LogP contribution in [0.3, 0.4) is 0 Å². The highest BCUT2D eigenvalue weighted by Crippen LogP contribution is 2.25. The predicted octanol–water partition coefficient (Wildman–Crippen LogP) is 4.37. The van der Waals surface area contributed by atoms with Crippen molar-refractivity contribution in [1.82, 2.24) is 0 Å². The molecule has 3 aromatic rings. The normalized spacial score (nSPS) is 10.6. The highest BCUT2D eigenvalue weighted by molar-refractivity contribution is 5.99. The molecule has 10 nitrogen and oxygen atoms in total. The summed E-state index contributed by atoms with van der Waals surface area (Å²) in [5, 5.41) is 32.2. The molecular weight excluding hydrogens is 576 g/mol. The van der Waals surface area contributed by atoms with Gasteiger partial charge in [-0.15, -0.1) is 0 Å². The lowest BCUT2D eigenvalue weighted by molar-refractivity contribution is -0.193. The van der Waals surface area contributed by atoms with E-state index in [0.717, 1.165) is 16.7 Å². The van der Waals surface area contributed by atoms with Gasteiger partial charge in [0.1, 0.15) is 11.7 Å². The summed E-state index contributed by atoms with van der Waals surface area (Å²) < 4.78 is 63.5. The molecule has 42 heavy (non-hydrogen) atoms. The minimum atomic E-state index is -5.08. The van der Waals surface area contributed by atoms with Crippen molar-refractivity contribution in [3.63, 3.8) is 0 Å². The van der Waals surface area contributed by atoms with E-state index in [1.165, 1.54) is 0 Å². The molecule has 0 atom stereocenters. The first kappa shape index (κ1) is 34.6. The fraction of sp³-hybridized carbons (Fsp3) is 0.115. The molecule has 1 amide bonds. The van der Waals surface area contributed by atoms with Crippen molar-refractivity contribution in [2.24, 2.45) is 11.5 Å². The highest BCUT2D eigenvalue weighted by Gasteiger charge is 2.38. The monoisotopic (exact) mass is 599 g/mol. The van der Waals surface area contributed by atoms with E-state index in [4.69, 9.17) is 42.1 Å². The second-order valence-electron chi connectivity index (χ2n) is 7.98. The number of hydrogen-bond donors (Lipinski definition) is 7. The molecule has 0 heterocycles. The average Bonchev–Trinajstić information content (AvgIpc) is 2.88. The van der Waals surface area contributed by atoms with Crippen molar-refractivity contribution in [3.05, 3.63) is 89.5 Å². The molecule has 0 radical (unpaired) electrons. The molecule has 0 spiro atoms. The van der Waals surface area contributed by atoms with Crippen LogP contribution in [0.1, 0.15) is 16.7 Å². The largest absolute Gasteiger partial charge is 0.490 e. The molecule has 16 heteroatoms.